The number of methoxy groups -OCH3 is 1. The molecule has 4 heterocycles. The van der Waals surface area contributed by atoms with Gasteiger partial charge in [-0.05, 0) is 63.0 Å². The molecule has 0 bridgehead atoms. The van der Waals surface area contributed by atoms with Crippen molar-refractivity contribution in [3.8, 4) is 0 Å². The maximum Gasteiger partial charge on any atom is 0.337 e. The molecule has 306 valence electrons. The Hall–Kier alpha value is -2.94. The van der Waals surface area contributed by atoms with Gasteiger partial charge in [-0.15, -0.1) is 0 Å². The molecule has 6 atom stereocenters. The highest BCUT2D eigenvalue weighted by molar-refractivity contribution is 6.74. The number of nitrogens with zero attached hydrogens (tertiary/aromatic N) is 2. The monoisotopic (exact) mass is 796 g/mol. The second-order valence-corrected chi connectivity index (χ2v) is 27.1. The molecule has 2 fully saturated rings. The average Bonchev–Trinajstić information content (AvgIpc) is 3.67. The number of ether oxygens (including phenoxy) is 3. The van der Waals surface area contributed by atoms with E-state index in [9.17, 15) is 29.1 Å². The number of rotatable bonds is 10. The normalized spacial score (nSPS) is 23.9. The molecule has 2 aliphatic heterocycles. The molecule has 0 amide bonds. The van der Waals surface area contributed by atoms with Crippen LogP contribution in [-0.4, -0.2) is 83.9 Å². The number of aryl methyl sites for hydroxylation is 2. The average molecular weight is 797 g/mol. The van der Waals surface area contributed by atoms with Gasteiger partial charge in [0.25, 0.3) is 11.1 Å². The number of nitrogens with one attached hydrogen (secondary N) is 2. The molecule has 2 aromatic heterocycles. The van der Waals surface area contributed by atoms with E-state index in [0.717, 1.165) is 0 Å². The Morgan fingerprint density at radius 1 is 0.778 bits per heavy atom. The second-order valence-electron chi connectivity index (χ2n) is 17.6. The highest BCUT2D eigenvalue weighted by Crippen LogP contribution is 2.44. The number of esters is 1. The highest BCUT2D eigenvalue weighted by atomic mass is 28.4. The lowest BCUT2D eigenvalue weighted by Crippen LogP contribution is -2.52. The van der Waals surface area contributed by atoms with Gasteiger partial charge in [0.1, 0.15) is 18.6 Å². The van der Waals surface area contributed by atoms with Crippen LogP contribution in [0, 0.1) is 13.8 Å². The summed E-state index contributed by atoms with van der Waals surface area (Å²) in [5.74, 6) is -0.537. The zero-order chi connectivity index (χ0) is 41.4. The van der Waals surface area contributed by atoms with Gasteiger partial charge in [0.15, 0.2) is 22.7 Å². The van der Waals surface area contributed by atoms with E-state index in [1.165, 1.54) is 28.6 Å². The van der Waals surface area contributed by atoms with Crippen LogP contribution in [0.1, 0.15) is 105 Å². The molecular formula is C37H64N4O11Si2. The maximum atomic E-state index is 12.4. The summed E-state index contributed by atoms with van der Waals surface area (Å²) in [5, 5.41) is 11.2. The lowest BCUT2D eigenvalue weighted by Gasteiger charge is -2.42. The molecule has 0 unspecified atom stereocenters. The van der Waals surface area contributed by atoms with Crippen molar-refractivity contribution in [2.24, 2.45) is 0 Å². The van der Waals surface area contributed by atoms with Gasteiger partial charge in [0.2, 0.25) is 0 Å². The largest absolute Gasteiger partial charge is 0.467 e. The molecule has 4 rings (SSSR count). The third-order valence-electron chi connectivity index (χ3n) is 11.8. The van der Waals surface area contributed by atoms with Gasteiger partial charge >= 0.3 is 17.3 Å². The molecule has 3 N–H and O–H groups in total. The summed E-state index contributed by atoms with van der Waals surface area (Å²) in [6.45, 7) is 28.5. The third-order valence-corrected chi connectivity index (χ3v) is 20.8. The van der Waals surface area contributed by atoms with Gasteiger partial charge in [-0.1, -0.05) is 55.4 Å². The summed E-state index contributed by atoms with van der Waals surface area (Å²) in [7, 11) is -2.99. The van der Waals surface area contributed by atoms with Crippen molar-refractivity contribution >= 4 is 22.6 Å². The van der Waals surface area contributed by atoms with Gasteiger partial charge in [-0.25, -0.2) is 14.4 Å². The van der Waals surface area contributed by atoms with Crippen LogP contribution in [0.15, 0.2) is 31.6 Å². The molecule has 2 aliphatic rings. The Kier molecular flexibility index (Phi) is 14.0. The first kappa shape index (κ1) is 45.5. The minimum absolute atomic E-state index is 0.0115. The lowest BCUT2D eigenvalue weighted by atomic mass is 9.87. The van der Waals surface area contributed by atoms with Gasteiger partial charge in [-0.3, -0.25) is 28.7 Å². The van der Waals surface area contributed by atoms with E-state index in [0.29, 0.717) is 36.8 Å². The summed E-state index contributed by atoms with van der Waals surface area (Å²) < 4.78 is 32.6. The Bertz CT molecular complexity index is 1860. The standard InChI is InChI=1S/C20H36N2O5Si.C17H28N2O6Si/c1-9-20(25,10-2)16-14(27-28(7,8)19(4,5)6)11-15(26-16)22-12-13(3)17(23)21-18(22)24;1-10-9-19(16(22)18-14(10)20)12-8-11(13(24-12)15(21)23-5)25-26(6,7)17(2,3)4/h12,14-16,25H,9-11H2,1-8H3,(H,21,23,24);9,11-13H,8H2,1-7H3,(H,18,20,22)/t14-,15-,16+;11-,12-,13+/m11/s1. The van der Waals surface area contributed by atoms with Gasteiger partial charge in [0.05, 0.1) is 24.9 Å². The quantitative estimate of drug-likeness (QED) is 0.222. The van der Waals surface area contributed by atoms with Gasteiger partial charge in [-0.2, -0.15) is 0 Å². The van der Waals surface area contributed by atoms with Crippen molar-refractivity contribution in [2.45, 2.75) is 174 Å². The number of carbonyl (C=O) groups excluding carboxylic acids is 1. The molecule has 2 saturated heterocycles. The zero-order valence-electron chi connectivity index (χ0n) is 34.9. The second kappa shape index (κ2) is 16.7. The van der Waals surface area contributed by atoms with Crippen LogP contribution >= 0.6 is 0 Å². The van der Waals surface area contributed by atoms with Crippen molar-refractivity contribution in [1.29, 1.82) is 0 Å². The smallest absolute Gasteiger partial charge is 0.337 e. The van der Waals surface area contributed by atoms with Crippen LogP contribution < -0.4 is 22.5 Å². The van der Waals surface area contributed by atoms with Crippen LogP contribution in [0.3, 0.4) is 0 Å². The lowest BCUT2D eigenvalue weighted by molar-refractivity contribution is -0.158. The minimum Gasteiger partial charge on any atom is -0.467 e. The fourth-order valence-corrected chi connectivity index (χ4v) is 8.67. The van der Waals surface area contributed by atoms with Crippen molar-refractivity contribution in [3.05, 3.63) is 65.2 Å². The van der Waals surface area contributed by atoms with Crippen LogP contribution in [0.25, 0.3) is 0 Å². The number of aromatic nitrogens is 4. The Balaban J connectivity index is 0.000000291. The first-order chi connectivity index (χ1) is 24.6. The minimum atomic E-state index is -2.17. The van der Waals surface area contributed by atoms with E-state index in [2.05, 4.69) is 77.7 Å². The summed E-state index contributed by atoms with van der Waals surface area (Å²) >= 11 is 0. The summed E-state index contributed by atoms with van der Waals surface area (Å²) in [6, 6.07) is 0. The van der Waals surface area contributed by atoms with Gasteiger partial charge in [0, 0.05) is 36.4 Å². The van der Waals surface area contributed by atoms with Crippen LogP contribution in [0.4, 0.5) is 0 Å². The Morgan fingerprint density at radius 2 is 1.17 bits per heavy atom. The molecule has 0 saturated carbocycles. The number of aliphatic hydroxyl groups is 1. The fourth-order valence-electron chi connectivity index (χ4n) is 6.01. The highest BCUT2D eigenvalue weighted by Gasteiger charge is 2.52. The van der Waals surface area contributed by atoms with E-state index in [4.69, 9.17) is 23.1 Å². The summed E-state index contributed by atoms with van der Waals surface area (Å²) in [4.78, 5) is 64.6. The van der Waals surface area contributed by atoms with Crippen molar-refractivity contribution in [2.75, 3.05) is 7.11 Å². The van der Waals surface area contributed by atoms with E-state index in [1.807, 2.05) is 13.8 Å². The number of carbonyl (C=O) groups is 1. The molecule has 17 heteroatoms. The Morgan fingerprint density at radius 3 is 1.56 bits per heavy atom. The predicted octanol–water partition coefficient (Wildman–Crippen LogP) is 4.77. The van der Waals surface area contributed by atoms with Crippen molar-refractivity contribution in [1.82, 2.24) is 19.1 Å². The van der Waals surface area contributed by atoms with Gasteiger partial charge < -0.3 is 28.2 Å². The molecule has 0 aromatic carbocycles. The predicted molar refractivity (Wildman–Crippen MR) is 211 cm³/mol. The molecule has 0 radical (unpaired) electrons. The molecule has 15 nitrogen and oxygen atoms in total. The SMILES string of the molecule is CCC(O)(CC)[C@H]1O[C@@H](n2cc(C)c(=O)[nH]c2=O)C[C@H]1O[Si](C)(C)C(C)(C)C.COC(=O)[C@H]1O[C@@H](n2cc(C)c(=O)[nH]c2=O)C[C@H]1O[Si](C)(C)C(C)(C)C. The van der Waals surface area contributed by atoms with E-state index < -0.39 is 81.5 Å². The first-order valence-electron chi connectivity index (χ1n) is 18.7. The van der Waals surface area contributed by atoms with Crippen LogP contribution in [0.5, 0.6) is 0 Å². The van der Waals surface area contributed by atoms with E-state index in [1.54, 1.807) is 13.8 Å². The summed E-state index contributed by atoms with van der Waals surface area (Å²) in [5.41, 5.74) is -2.15. The molecule has 54 heavy (non-hydrogen) atoms. The zero-order valence-corrected chi connectivity index (χ0v) is 36.9. The fraction of sp³-hybridized carbons (Fsp3) is 0.757. The number of hydrogen-bond donors (Lipinski definition) is 3. The van der Waals surface area contributed by atoms with Crippen LogP contribution in [0.2, 0.25) is 36.3 Å². The topological polar surface area (TPSA) is 193 Å². The van der Waals surface area contributed by atoms with Crippen molar-refractivity contribution in [3.63, 3.8) is 0 Å². The number of aromatic amines is 2. The van der Waals surface area contributed by atoms with Crippen molar-refractivity contribution < 1.29 is 33.0 Å². The maximum absolute atomic E-state index is 12.4. The Labute approximate surface area is 320 Å². The summed E-state index contributed by atoms with van der Waals surface area (Å²) in [6.07, 6.45) is 1.17. The third kappa shape index (κ3) is 9.89. The van der Waals surface area contributed by atoms with E-state index >= 15 is 0 Å². The van der Waals surface area contributed by atoms with E-state index in [-0.39, 0.29) is 16.2 Å². The molecule has 0 aliphatic carbocycles. The first-order valence-corrected chi connectivity index (χ1v) is 24.6. The molecular weight excluding hydrogens is 733 g/mol. The molecule has 2 aromatic rings. The number of H-pyrrole nitrogens is 2. The number of hydrogen-bond acceptors (Lipinski definition) is 11. The van der Waals surface area contributed by atoms with Crippen LogP contribution in [-0.2, 0) is 27.9 Å². The molecule has 0 spiro atoms.